The lowest BCUT2D eigenvalue weighted by molar-refractivity contribution is -0.155. The molecule has 0 radical (unpaired) electrons. The Balaban J connectivity index is 1.37. The highest BCUT2D eigenvalue weighted by molar-refractivity contribution is 7.89. The summed E-state index contributed by atoms with van der Waals surface area (Å²) < 4.78 is 32.6. The molecule has 0 saturated carbocycles. The molecule has 1 fully saturated rings. The maximum absolute atomic E-state index is 12.7. The summed E-state index contributed by atoms with van der Waals surface area (Å²) in [4.78, 5) is 17.4. The lowest BCUT2D eigenvalue weighted by atomic mass is 9.98. The van der Waals surface area contributed by atoms with E-state index in [2.05, 4.69) is 4.98 Å². The molecule has 2 heterocycles. The second-order valence-corrected chi connectivity index (χ2v) is 9.47. The van der Waals surface area contributed by atoms with Gasteiger partial charge in [-0.05, 0) is 44.0 Å². The minimum atomic E-state index is -3.53. The normalized spacial score (nSPS) is 17.0. The van der Waals surface area contributed by atoms with Crippen LogP contribution in [-0.2, 0) is 19.6 Å². The number of hydrogen-bond acceptors (Lipinski definition) is 5. The molecule has 0 spiro atoms. The summed E-state index contributed by atoms with van der Waals surface area (Å²) in [5.41, 5.74) is 1.73. The predicted molar refractivity (Wildman–Crippen MR) is 114 cm³/mol. The van der Waals surface area contributed by atoms with Gasteiger partial charge in [-0.1, -0.05) is 36.4 Å². The van der Waals surface area contributed by atoms with Crippen molar-refractivity contribution in [2.24, 2.45) is 5.92 Å². The predicted octanol–water partition coefficient (Wildman–Crippen LogP) is 3.94. The average molecular weight is 425 g/mol. The monoisotopic (exact) mass is 424 g/mol. The third kappa shape index (κ3) is 4.22. The molecule has 4 rings (SSSR count). The second-order valence-electron chi connectivity index (χ2n) is 7.53. The van der Waals surface area contributed by atoms with Crippen molar-refractivity contribution < 1.29 is 17.9 Å². The molecule has 1 aliphatic rings. The lowest BCUT2D eigenvalue weighted by Crippen LogP contribution is -2.40. The van der Waals surface area contributed by atoms with Crippen LogP contribution in [0.3, 0.4) is 0 Å². The van der Waals surface area contributed by atoms with Crippen molar-refractivity contribution in [1.29, 1.82) is 0 Å². The van der Waals surface area contributed by atoms with Crippen LogP contribution in [0, 0.1) is 5.92 Å². The van der Waals surface area contributed by atoms with Gasteiger partial charge in [0, 0.05) is 30.2 Å². The van der Waals surface area contributed by atoms with E-state index in [0.717, 1.165) is 16.5 Å². The molecular formula is C23H24N2O4S. The molecule has 0 bridgehead atoms. The van der Waals surface area contributed by atoms with Gasteiger partial charge in [-0.3, -0.25) is 9.78 Å². The number of sulfonamides is 1. The molecule has 1 aromatic heterocycles. The van der Waals surface area contributed by atoms with E-state index in [9.17, 15) is 13.2 Å². The molecule has 1 atom stereocenters. The first-order chi connectivity index (χ1) is 14.4. The standard InChI is InChI=1S/C23H24N2O4S/c1-17(20-15-19-7-5-6-10-22(19)24-16-20)29-23(26)18-11-13-25(14-12-18)30(27,28)21-8-3-2-4-9-21/h2-10,15-18H,11-14H2,1H3. The number of nitrogens with zero attached hydrogens (tertiary/aromatic N) is 2. The van der Waals surface area contributed by atoms with Crippen molar-refractivity contribution >= 4 is 26.9 Å². The minimum absolute atomic E-state index is 0.281. The molecule has 3 aromatic rings. The second kappa shape index (κ2) is 8.53. The Hall–Kier alpha value is -2.77. The molecule has 30 heavy (non-hydrogen) atoms. The number of aromatic nitrogens is 1. The molecule has 2 aromatic carbocycles. The van der Waals surface area contributed by atoms with Gasteiger partial charge in [0.1, 0.15) is 6.10 Å². The van der Waals surface area contributed by atoms with Crippen molar-refractivity contribution in [3.05, 3.63) is 72.4 Å². The summed E-state index contributed by atoms with van der Waals surface area (Å²) in [6.45, 7) is 2.45. The Morgan fingerprint density at radius 2 is 1.73 bits per heavy atom. The summed E-state index contributed by atoms with van der Waals surface area (Å²) in [5, 5.41) is 0.998. The topological polar surface area (TPSA) is 76.6 Å². The number of fused-ring (bicyclic) bond motifs is 1. The zero-order valence-electron chi connectivity index (χ0n) is 16.8. The van der Waals surface area contributed by atoms with Gasteiger partial charge in [-0.25, -0.2) is 8.42 Å². The van der Waals surface area contributed by atoms with Gasteiger partial charge in [-0.2, -0.15) is 4.31 Å². The highest BCUT2D eigenvalue weighted by atomic mass is 32.2. The Morgan fingerprint density at radius 1 is 1.07 bits per heavy atom. The van der Waals surface area contributed by atoms with E-state index in [1.165, 1.54) is 4.31 Å². The zero-order valence-corrected chi connectivity index (χ0v) is 17.6. The van der Waals surface area contributed by atoms with Crippen molar-refractivity contribution in [3.8, 4) is 0 Å². The molecule has 1 aliphatic heterocycles. The van der Waals surface area contributed by atoms with E-state index >= 15 is 0 Å². The maximum Gasteiger partial charge on any atom is 0.309 e. The fourth-order valence-corrected chi connectivity index (χ4v) is 5.21. The third-order valence-corrected chi connectivity index (χ3v) is 7.46. The van der Waals surface area contributed by atoms with E-state index in [1.807, 2.05) is 37.3 Å². The first-order valence-corrected chi connectivity index (χ1v) is 11.5. The number of pyridine rings is 1. The van der Waals surface area contributed by atoms with E-state index in [0.29, 0.717) is 25.9 Å². The lowest BCUT2D eigenvalue weighted by Gasteiger charge is -2.30. The highest BCUT2D eigenvalue weighted by Gasteiger charge is 2.33. The van der Waals surface area contributed by atoms with Crippen LogP contribution >= 0.6 is 0 Å². The van der Waals surface area contributed by atoms with Crippen molar-refractivity contribution in [2.75, 3.05) is 13.1 Å². The maximum atomic E-state index is 12.7. The van der Waals surface area contributed by atoms with Crippen LogP contribution in [0.4, 0.5) is 0 Å². The number of benzene rings is 2. The molecule has 0 amide bonds. The minimum Gasteiger partial charge on any atom is -0.458 e. The summed E-state index contributed by atoms with van der Waals surface area (Å²) in [6, 6.07) is 18.2. The van der Waals surface area contributed by atoms with Gasteiger partial charge in [-0.15, -0.1) is 0 Å². The van der Waals surface area contributed by atoms with Crippen LogP contribution < -0.4 is 0 Å². The Kier molecular flexibility index (Phi) is 5.83. The number of ether oxygens (including phenoxy) is 1. The molecule has 0 aliphatic carbocycles. The molecular weight excluding hydrogens is 400 g/mol. The number of esters is 1. The molecule has 6 nitrogen and oxygen atoms in total. The summed E-state index contributed by atoms with van der Waals surface area (Å²) in [5.74, 6) is -0.587. The molecule has 156 valence electrons. The van der Waals surface area contributed by atoms with E-state index in [4.69, 9.17) is 4.74 Å². The number of hydrogen-bond donors (Lipinski definition) is 0. The van der Waals surface area contributed by atoms with Crippen LogP contribution in [-0.4, -0.2) is 36.8 Å². The Bertz CT molecular complexity index is 1140. The average Bonchev–Trinajstić information content (AvgIpc) is 2.79. The van der Waals surface area contributed by atoms with Crippen LogP contribution in [0.15, 0.2) is 71.8 Å². The molecule has 1 unspecified atom stereocenters. The zero-order chi connectivity index (χ0) is 21.1. The number of rotatable bonds is 5. The highest BCUT2D eigenvalue weighted by Crippen LogP contribution is 2.27. The summed E-state index contributed by atoms with van der Waals surface area (Å²) >= 11 is 0. The number of carbonyl (C=O) groups is 1. The van der Waals surface area contributed by atoms with Gasteiger partial charge in [0.25, 0.3) is 0 Å². The van der Waals surface area contributed by atoms with E-state index < -0.39 is 16.1 Å². The SMILES string of the molecule is CC(OC(=O)C1CCN(S(=O)(=O)c2ccccc2)CC1)c1cnc2ccccc2c1. The fraction of sp³-hybridized carbons (Fsp3) is 0.304. The molecule has 0 N–H and O–H groups in total. The quantitative estimate of drug-likeness (QED) is 0.580. The van der Waals surface area contributed by atoms with Gasteiger partial charge in [0.05, 0.1) is 16.3 Å². The fourth-order valence-electron chi connectivity index (χ4n) is 3.72. The number of para-hydroxylation sites is 1. The number of piperidine rings is 1. The smallest absolute Gasteiger partial charge is 0.309 e. The van der Waals surface area contributed by atoms with Crippen molar-refractivity contribution in [3.63, 3.8) is 0 Å². The largest absolute Gasteiger partial charge is 0.458 e. The third-order valence-electron chi connectivity index (χ3n) is 5.54. The van der Waals surface area contributed by atoms with Crippen molar-refractivity contribution in [2.45, 2.75) is 30.8 Å². The first-order valence-electron chi connectivity index (χ1n) is 10.1. The molecule has 1 saturated heterocycles. The van der Waals surface area contributed by atoms with Crippen LogP contribution in [0.5, 0.6) is 0 Å². The van der Waals surface area contributed by atoms with Gasteiger partial charge < -0.3 is 4.74 Å². The van der Waals surface area contributed by atoms with E-state index in [-0.39, 0.29) is 16.8 Å². The Morgan fingerprint density at radius 3 is 2.47 bits per heavy atom. The number of carbonyl (C=O) groups excluding carboxylic acids is 1. The Labute approximate surface area is 176 Å². The van der Waals surface area contributed by atoms with Gasteiger partial charge in [0.2, 0.25) is 10.0 Å². The summed E-state index contributed by atoms with van der Waals surface area (Å²) in [6.07, 6.45) is 2.22. The van der Waals surface area contributed by atoms with Crippen LogP contribution in [0.1, 0.15) is 31.4 Å². The van der Waals surface area contributed by atoms with Gasteiger partial charge in [0.15, 0.2) is 0 Å². The van der Waals surface area contributed by atoms with Gasteiger partial charge >= 0.3 is 5.97 Å². The van der Waals surface area contributed by atoms with E-state index in [1.54, 1.807) is 36.5 Å². The van der Waals surface area contributed by atoms with Crippen LogP contribution in [0.2, 0.25) is 0 Å². The molecule has 7 heteroatoms. The first kappa shape index (κ1) is 20.5. The van der Waals surface area contributed by atoms with Crippen molar-refractivity contribution in [1.82, 2.24) is 9.29 Å². The van der Waals surface area contributed by atoms with Crippen LogP contribution in [0.25, 0.3) is 10.9 Å². The summed E-state index contributed by atoms with van der Waals surface area (Å²) in [7, 11) is -3.53.